The monoisotopic (exact) mass is 289 g/mol. The molecule has 0 aliphatic rings. The van der Waals surface area contributed by atoms with Crippen molar-refractivity contribution in [3.63, 3.8) is 0 Å². The zero-order chi connectivity index (χ0) is 15.5. The maximum Gasteiger partial charge on any atom is 0.154 e. The highest BCUT2D eigenvalue weighted by Crippen LogP contribution is 2.25. The number of aromatic nitrogens is 3. The summed E-state index contributed by atoms with van der Waals surface area (Å²) >= 11 is 0. The highest BCUT2D eigenvalue weighted by Gasteiger charge is 2.19. The van der Waals surface area contributed by atoms with Crippen molar-refractivity contribution in [2.75, 3.05) is 31.6 Å². The molecule has 0 fully saturated rings. The average molecular weight is 289 g/mol. The maximum atomic E-state index is 4.67. The molecular weight excluding hydrogens is 262 g/mol. The van der Waals surface area contributed by atoms with Gasteiger partial charge < -0.3 is 10.2 Å². The van der Waals surface area contributed by atoms with Crippen molar-refractivity contribution < 1.29 is 0 Å². The summed E-state index contributed by atoms with van der Waals surface area (Å²) in [5.74, 6) is 0.985. The van der Waals surface area contributed by atoms with Crippen LogP contribution in [0, 0.1) is 0 Å². The van der Waals surface area contributed by atoms with E-state index in [0.29, 0.717) is 0 Å². The first kappa shape index (κ1) is 15.8. The van der Waals surface area contributed by atoms with E-state index in [0.717, 1.165) is 43.1 Å². The number of hydrogen-bond acceptors (Lipinski definition) is 4. The number of fused-ring (bicyclic) bond motifs is 1. The summed E-state index contributed by atoms with van der Waals surface area (Å²) in [6.45, 7) is 11.7. The quantitative estimate of drug-likeness (QED) is 0.830. The third-order valence-electron chi connectivity index (χ3n) is 3.55. The minimum Gasteiger partial charge on any atom is -0.357 e. The number of rotatable bonds is 6. The Morgan fingerprint density at radius 2 is 2.05 bits per heavy atom. The standard InChI is InChI=1S/C16H27N5/c1-6-7-17-8-10-20(5)15-13-12-14(16(2,3)4)19-21(13)11-9-18-15/h9,11-12,17H,6-8,10H2,1-5H3. The molecule has 0 aliphatic heterocycles. The van der Waals surface area contributed by atoms with Gasteiger partial charge in [0.15, 0.2) is 5.82 Å². The first-order chi connectivity index (χ1) is 9.93. The average Bonchev–Trinajstić information content (AvgIpc) is 2.87. The SMILES string of the molecule is CCCNCCN(C)c1nccn2nc(C(C)(C)C)cc12. The second-order valence-electron chi connectivity index (χ2n) is 6.53. The van der Waals surface area contributed by atoms with Crippen LogP contribution < -0.4 is 10.2 Å². The predicted molar refractivity (Wildman–Crippen MR) is 88.1 cm³/mol. The number of hydrogen-bond donors (Lipinski definition) is 1. The maximum absolute atomic E-state index is 4.67. The van der Waals surface area contributed by atoms with E-state index in [2.05, 4.69) is 61.1 Å². The molecule has 0 saturated heterocycles. The molecule has 5 nitrogen and oxygen atoms in total. The van der Waals surface area contributed by atoms with Gasteiger partial charge in [-0.05, 0) is 19.0 Å². The van der Waals surface area contributed by atoms with Gasteiger partial charge in [-0.15, -0.1) is 0 Å². The van der Waals surface area contributed by atoms with Gasteiger partial charge in [0, 0.05) is 37.9 Å². The van der Waals surface area contributed by atoms with Crippen LogP contribution in [0.4, 0.5) is 5.82 Å². The predicted octanol–water partition coefficient (Wildman–Crippen LogP) is 2.46. The first-order valence-electron chi connectivity index (χ1n) is 7.70. The number of nitrogens with zero attached hydrogens (tertiary/aromatic N) is 4. The van der Waals surface area contributed by atoms with Crippen LogP contribution in [-0.4, -0.2) is 41.3 Å². The Labute approximate surface area is 127 Å². The molecule has 0 aliphatic carbocycles. The molecule has 0 spiro atoms. The van der Waals surface area contributed by atoms with Gasteiger partial charge in [-0.2, -0.15) is 5.10 Å². The van der Waals surface area contributed by atoms with Crippen molar-refractivity contribution >= 4 is 11.3 Å². The lowest BCUT2D eigenvalue weighted by Crippen LogP contribution is -2.30. The van der Waals surface area contributed by atoms with Crippen LogP contribution in [0.15, 0.2) is 18.5 Å². The van der Waals surface area contributed by atoms with E-state index in [1.807, 2.05) is 16.9 Å². The van der Waals surface area contributed by atoms with Crippen LogP contribution in [0.5, 0.6) is 0 Å². The molecule has 2 aromatic rings. The Morgan fingerprint density at radius 3 is 2.71 bits per heavy atom. The minimum absolute atomic E-state index is 0.0462. The molecule has 0 atom stereocenters. The Hall–Kier alpha value is -1.62. The van der Waals surface area contributed by atoms with Gasteiger partial charge in [0.25, 0.3) is 0 Å². The van der Waals surface area contributed by atoms with E-state index < -0.39 is 0 Å². The van der Waals surface area contributed by atoms with Gasteiger partial charge in [0.05, 0.1) is 5.69 Å². The molecule has 0 saturated carbocycles. The Morgan fingerprint density at radius 1 is 1.29 bits per heavy atom. The van der Waals surface area contributed by atoms with Crippen LogP contribution >= 0.6 is 0 Å². The van der Waals surface area contributed by atoms with Crippen molar-refractivity contribution in [3.8, 4) is 0 Å². The van der Waals surface area contributed by atoms with Crippen molar-refractivity contribution in [1.82, 2.24) is 19.9 Å². The lowest BCUT2D eigenvalue weighted by Gasteiger charge is -2.19. The van der Waals surface area contributed by atoms with Crippen molar-refractivity contribution in [2.24, 2.45) is 0 Å². The Kier molecular flexibility index (Phi) is 4.83. The summed E-state index contributed by atoms with van der Waals surface area (Å²) in [5.41, 5.74) is 2.21. The molecule has 2 aromatic heterocycles. The molecule has 1 N–H and O–H groups in total. The lowest BCUT2D eigenvalue weighted by atomic mass is 9.92. The van der Waals surface area contributed by atoms with E-state index in [-0.39, 0.29) is 5.41 Å². The number of nitrogens with one attached hydrogen (secondary N) is 1. The fraction of sp³-hybridized carbons (Fsp3) is 0.625. The van der Waals surface area contributed by atoms with Crippen molar-refractivity contribution in [2.45, 2.75) is 39.5 Å². The van der Waals surface area contributed by atoms with Crippen molar-refractivity contribution in [1.29, 1.82) is 0 Å². The highest BCUT2D eigenvalue weighted by molar-refractivity contribution is 5.69. The molecule has 0 radical (unpaired) electrons. The fourth-order valence-electron chi connectivity index (χ4n) is 2.22. The second kappa shape index (κ2) is 6.43. The largest absolute Gasteiger partial charge is 0.357 e. The molecule has 0 aromatic carbocycles. The molecule has 5 heteroatoms. The van der Waals surface area contributed by atoms with E-state index in [4.69, 9.17) is 0 Å². The van der Waals surface area contributed by atoms with E-state index in [1.165, 1.54) is 0 Å². The molecule has 116 valence electrons. The fourth-order valence-corrected chi connectivity index (χ4v) is 2.22. The molecule has 2 rings (SSSR count). The summed E-state index contributed by atoms with van der Waals surface area (Å²) in [7, 11) is 2.08. The Balaban J connectivity index is 2.21. The van der Waals surface area contributed by atoms with Gasteiger partial charge in [0.2, 0.25) is 0 Å². The zero-order valence-electron chi connectivity index (χ0n) is 13.8. The molecule has 0 bridgehead atoms. The van der Waals surface area contributed by atoms with E-state index in [1.54, 1.807) is 0 Å². The summed E-state index contributed by atoms with van der Waals surface area (Å²) in [4.78, 5) is 6.73. The molecular formula is C16H27N5. The lowest BCUT2D eigenvalue weighted by molar-refractivity contribution is 0.562. The molecule has 2 heterocycles. The Bertz CT molecular complexity index is 582. The van der Waals surface area contributed by atoms with Crippen LogP contribution in [0.25, 0.3) is 5.52 Å². The van der Waals surface area contributed by atoms with E-state index in [9.17, 15) is 0 Å². The highest BCUT2D eigenvalue weighted by atomic mass is 15.3. The van der Waals surface area contributed by atoms with Crippen molar-refractivity contribution in [3.05, 3.63) is 24.2 Å². The first-order valence-corrected chi connectivity index (χ1v) is 7.70. The molecule has 0 unspecified atom stereocenters. The number of anilines is 1. The van der Waals surface area contributed by atoms with Crippen LogP contribution in [0.2, 0.25) is 0 Å². The van der Waals surface area contributed by atoms with Gasteiger partial charge >= 0.3 is 0 Å². The summed E-state index contributed by atoms with van der Waals surface area (Å²) in [6, 6.07) is 2.15. The van der Waals surface area contributed by atoms with Gasteiger partial charge in [-0.1, -0.05) is 27.7 Å². The molecule has 21 heavy (non-hydrogen) atoms. The van der Waals surface area contributed by atoms with Gasteiger partial charge in [0.1, 0.15) is 5.52 Å². The smallest absolute Gasteiger partial charge is 0.154 e. The molecule has 0 amide bonds. The summed E-state index contributed by atoms with van der Waals surface area (Å²) < 4.78 is 1.93. The summed E-state index contributed by atoms with van der Waals surface area (Å²) in [5, 5.41) is 8.09. The second-order valence-corrected chi connectivity index (χ2v) is 6.53. The van der Waals surface area contributed by atoms with E-state index >= 15 is 0 Å². The minimum atomic E-state index is 0.0462. The van der Waals surface area contributed by atoms with Crippen LogP contribution in [-0.2, 0) is 5.41 Å². The van der Waals surface area contributed by atoms with Crippen LogP contribution in [0.1, 0.15) is 39.8 Å². The summed E-state index contributed by atoms with van der Waals surface area (Å²) in [6.07, 6.45) is 4.89. The zero-order valence-corrected chi connectivity index (χ0v) is 13.8. The number of likely N-dealkylation sites (N-methyl/N-ethyl adjacent to an activating group) is 1. The third-order valence-corrected chi connectivity index (χ3v) is 3.55. The van der Waals surface area contributed by atoms with Crippen LogP contribution in [0.3, 0.4) is 0 Å². The van der Waals surface area contributed by atoms with Gasteiger partial charge in [-0.25, -0.2) is 9.50 Å². The normalized spacial score (nSPS) is 12.0. The van der Waals surface area contributed by atoms with Gasteiger partial charge in [-0.3, -0.25) is 0 Å². The third kappa shape index (κ3) is 3.73. The topological polar surface area (TPSA) is 45.5 Å².